The van der Waals surface area contributed by atoms with Gasteiger partial charge < -0.3 is 10.8 Å². The van der Waals surface area contributed by atoms with Crippen LogP contribution < -0.4 is 5.73 Å². The molecule has 0 saturated carbocycles. The zero-order valence-corrected chi connectivity index (χ0v) is 4.86. The summed E-state index contributed by atoms with van der Waals surface area (Å²) in [5.74, 6) is 0. The number of hydrogen-bond acceptors (Lipinski definition) is 5. The van der Waals surface area contributed by atoms with E-state index < -0.39 is 0 Å². The van der Waals surface area contributed by atoms with Gasteiger partial charge in [0.05, 0.1) is 6.61 Å². The molecule has 0 bridgehead atoms. The third-order valence-corrected chi connectivity index (χ3v) is 0.399. The Morgan fingerprint density at radius 2 is 2.33 bits per heavy atom. The summed E-state index contributed by atoms with van der Waals surface area (Å²) in [5, 5.41) is 19.8. The van der Waals surface area contributed by atoms with E-state index in [4.69, 9.17) is 10.8 Å². The molecule has 1 rings (SSSR count). The van der Waals surface area contributed by atoms with Crippen LogP contribution >= 0.6 is 0 Å². The van der Waals surface area contributed by atoms with Crippen LogP contribution in [0.4, 0.5) is 0 Å². The standard InChI is InChI=1S/C2H7NO.CH2N4/c3-1-2-4;1-2-4-5-3-1/h4H,1-3H2;1H,(H,2,3,4,5). The molecule has 0 atom stereocenters. The molecule has 0 aliphatic heterocycles. The largest absolute Gasteiger partial charge is 0.395 e. The van der Waals surface area contributed by atoms with Crippen molar-refractivity contribution in [3.05, 3.63) is 6.33 Å². The number of aromatic amines is 1. The van der Waals surface area contributed by atoms with E-state index in [0.29, 0.717) is 6.54 Å². The van der Waals surface area contributed by atoms with Gasteiger partial charge in [0.1, 0.15) is 6.33 Å². The van der Waals surface area contributed by atoms with Gasteiger partial charge in [-0.2, -0.15) is 0 Å². The molecule has 0 aliphatic carbocycles. The minimum atomic E-state index is 0.0972. The average Bonchev–Trinajstić information content (AvgIpc) is 2.43. The predicted molar refractivity (Wildman–Crippen MR) is 30.3 cm³/mol. The summed E-state index contributed by atoms with van der Waals surface area (Å²) in [5.41, 5.74) is 4.78. The molecule has 1 aromatic rings. The number of H-pyrrole nitrogens is 1. The van der Waals surface area contributed by atoms with Crippen LogP contribution in [0.3, 0.4) is 0 Å². The van der Waals surface area contributed by atoms with Gasteiger partial charge in [-0.25, -0.2) is 5.10 Å². The summed E-state index contributed by atoms with van der Waals surface area (Å²) in [7, 11) is 0. The summed E-state index contributed by atoms with van der Waals surface area (Å²) in [4.78, 5) is 0. The van der Waals surface area contributed by atoms with Gasteiger partial charge in [-0.1, -0.05) is 0 Å². The fourth-order valence-corrected chi connectivity index (χ4v) is 0.129. The maximum Gasteiger partial charge on any atom is 0.135 e. The number of nitrogens with one attached hydrogen (secondary N) is 1. The Hall–Kier alpha value is -1.01. The number of hydrogen-bond donors (Lipinski definition) is 3. The number of aromatic nitrogens is 4. The third-order valence-electron chi connectivity index (χ3n) is 0.399. The summed E-state index contributed by atoms with van der Waals surface area (Å²) in [6.45, 7) is 0.472. The zero-order valence-electron chi connectivity index (χ0n) is 4.86. The van der Waals surface area contributed by atoms with Crippen molar-refractivity contribution in [3.8, 4) is 0 Å². The number of nitrogens with zero attached hydrogens (tertiary/aromatic N) is 3. The molecule has 0 aromatic carbocycles. The fraction of sp³-hybridized carbons (Fsp3) is 0.667. The van der Waals surface area contributed by atoms with Gasteiger partial charge in [0, 0.05) is 6.54 Å². The number of aliphatic hydroxyl groups is 1. The molecule has 4 N–H and O–H groups in total. The van der Waals surface area contributed by atoms with Crippen molar-refractivity contribution in [3.63, 3.8) is 0 Å². The Morgan fingerprint density at radius 1 is 1.67 bits per heavy atom. The van der Waals surface area contributed by atoms with Crippen molar-refractivity contribution in [2.24, 2.45) is 5.73 Å². The van der Waals surface area contributed by atoms with E-state index >= 15 is 0 Å². The van der Waals surface area contributed by atoms with Crippen molar-refractivity contribution in [2.45, 2.75) is 0 Å². The van der Waals surface area contributed by atoms with Gasteiger partial charge in [0.2, 0.25) is 0 Å². The Balaban J connectivity index is 0.000000148. The highest BCUT2D eigenvalue weighted by molar-refractivity contribution is 4.24. The SMILES string of the molecule is NCCO.c1nnn[nH]1. The van der Waals surface area contributed by atoms with Crippen LogP contribution in [0.15, 0.2) is 6.33 Å². The lowest BCUT2D eigenvalue weighted by Crippen LogP contribution is -2.02. The first-order valence-corrected chi connectivity index (χ1v) is 2.39. The van der Waals surface area contributed by atoms with Crippen molar-refractivity contribution < 1.29 is 5.11 Å². The molecular formula is C3H9N5O. The second kappa shape index (κ2) is 6.99. The van der Waals surface area contributed by atoms with E-state index in [1.807, 2.05) is 0 Å². The molecule has 0 unspecified atom stereocenters. The van der Waals surface area contributed by atoms with Crippen LogP contribution in [0.25, 0.3) is 0 Å². The average molecular weight is 131 g/mol. The summed E-state index contributed by atoms with van der Waals surface area (Å²) in [6, 6.07) is 0. The molecule has 9 heavy (non-hydrogen) atoms. The number of tetrazole rings is 1. The van der Waals surface area contributed by atoms with Crippen LogP contribution in [-0.4, -0.2) is 38.9 Å². The first-order chi connectivity index (χ1) is 4.41. The Morgan fingerprint density at radius 3 is 2.44 bits per heavy atom. The minimum absolute atomic E-state index is 0.0972. The smallest absolute Gasteiger partial charge is 0.135 e. The maximum atomic E-state index is 7.75. The van der Waals surface area contributed by atoms with Crippen LogP contribution in [-0.2, 0) is 0 Å². The lowest BCUT2D eigenvalue weighted by Gasteiger charge is -1.71. The third kappa shape index (κ3) is 6.99. The predicted octanol–water partition coefficient (Wildman–Crippen LogP) is -1.86. The number of rotatable bonds is 1. The van der Waals surface area contributed by atoms with Crippen LogP contribution in [0.2, 0.25) is 0 Å². The molecule has 1 heterocycles. The van der Waals surface area contributed by atoms with Crippen LogP contribution in [0.1, 0.15) is 0 Å². The van der Waals surface area contributed by atoms with Gasteiger partial charge in [0.15, 0.2) is 0 Å². The Kier molecular flexibility index (Phi) is 6.21. The van der Waals surface area contributed by atoms with E-state index in [2.05, 4.69) is 20.6 Å². The van der Waals surface area contributed by atoms with Crippen molar-refractivity contribution >= 4 is 0 Å². The molecule has 6 nitrogen and oxygen atoms in total. The molecule has 0 spiro atoms. The van der Waals surface area contributed by atoms with Gasteiger partial charge in [-0.3, -0.25) is 0 Å². The van der Waals surface area contributed by atoms with Crippen molar-refractivity contribution in [1.82, 2.24) is 20.6 Å². The van der Waals surface area contributed by atoms with E-state index in [1.165, 1.54) is 6.33 Å². The second-order valence-corrected chi connectivity index (χ2v) is 1.08. The van der Waals surface area contributed by atoms with Crippen LogP contribution in [0, 0.1) is 0 Å². The second-order valence-electron chi connectivity index (χ2n) is 1.08. The minimum Gasteiger partial charge on any atom is -0.395 e. The fourth-order valence-electron chi connectivity index (χ4n) is 0.129. The van der Waals surface area contributed by atoms with E-state index in [9.17, 15) is 0 Å². The topological polar surface area (TPSA) is 101 Å². The maximum absolute atomic E-state index is 7.75. The summed E-state index contributed by atoms with van der Waals surface area (Å²) < 4.78 is 0. The first-order valence-electron chi connectivity index (χ1n) is 2.39. The normalized spacial score (nSPS) is 7.78. The van der Waals surface area contributed by atoms with Gasteiger partial charge in [-0.05, 0) is 10.4 Å². The molecule has 0 fully saturated rings. The molecule has 0 saturated heterocycles. The van der Waals surface area contributed by atoms with E-state index in [0.717, 1.165) is 0 Å². The Labute approximate surface area is 52.1 Å². The molecule has 52 valence electrons. The Bertz CT molecular complexity index is 87.7. The lowest BCUT2D eigenvalue weighted by atomic mass is 10.8. The highest BCUT2D eigenvalue weighted by Crippen LogP contribution is 1.43. The van der Waals surface area contributed by atoms with Gasteiger partial charge >= 0.3 is 0 Å². The van der Waals surface area contributed by atoms with Crippen molar-refractivity contribution in [1.29, 1.82) is 0 Å². The molecule has 0 amide bonds. The zero-order chi connectivity index (χ0) is 6.95. The van der Waals surface area contributed by atoms with Gasteiger partial charge in [-0.15, -0.1) is 5.10 Å². The summed E-state index contributed by atoms with van der Waals surface area (Å²) >= 11 is 0. The van der Waals surface area contributed by atoms with E-state index in [1.54, 1.807) is 0 Å². The highest BCUT2D eigenvalue weighted by Gasteiger charge is 1.58. The molecule has 6 heteroatoms. The lowest BCUT2D eigenvalue weighted by molar-refractivity contribution is 0.306. The molecule has 1 aromatic heterocycles. The van der Waals surface area contributed by atoms with Crippen molar-refractivity contribution in [2.75, 3.05) is 13.2 Å². The number of nitrogens with two attached hydrogens (primary N) is 1. The molecule has 0 radical (unpaired) electrons. The number of aliphatic hydroxyl groups excluding tert-OH is 1. The quantitative estimate of drug-likeness (QED) is 0.415. The monoisotopic (exact) mass is 131 g/mol. The van der Waals surface area contributed by atoms with Gasteiger partial charge in [0.25, 0.3) is 0 Å². The summed E-state index contributed by atoms with van der Waals surface area (Å²) in [6.07, 6.45) is 1.40. The molecule has 0 aliphatic rings. The van der Waals surface area contributed by atoms with Crippen LogP contribution in [0.5, 0.6) is 0 Å². The molecular weight excluding hydrogens is 122 g/mol. The first kappa shape index (κ1) is 7.99. The highest BCUT2D eigenvalue weighted by atomic mass is 16.3. The van der Waals surface area contributed by atoms with E-state index in [-0.39, 0.29) is 6.61 Å².